The van der Waals surface area contributed by atoms with Crippen molar-refractivity contribution >= 4 is 5.97 Å². The Hall–Kier alpha value is -1.38. The number of carbonyl (C=O) groups excluding carboxylic acids is 1. The van der Waals surface area contributed by atoms with Crippen molar-refractivity contribution in [3.8, 4) is 0 Å². The van der Waals surface area contributed by atoms with E-state index < -0.39 is 5.60 Å². The van der Waals surface area contributed by atoms with Gasteiger partial charge in [0.1, 0.15) is 11.4 Å². The number of hydrogen-bond donors (Lipinski definition) is 0. The highest BCUT2D eigenvalue weighted by molar-refractivity contribution is 5.72. The molecule has 2 nitrogen and oxygen atoms in total. The van der Waals surface area contributed by atoms with Gasteiger partial charge in [-0.25, -0.2) is 4.39 Å². The molecule has 0 bridgehead atoms. The highest BCUT2D eigenvalue weighted by Gasteiger charge is 2.35. The molecule has 1 unspecified atom stereocenters. The molecule has 0 N–H and O–H groups in total. The van der Waals surface area contributed by atoms with E-state index in [1.54, 1.807) is 6.07 Å². The average molecular weight is 208 g/mol. The number of hydrogen-bond acceptors (Lipinski definition) is 2. The van der Waals surface area contributed by atoms with Gasteiger partial charge >= 0.3 is 5.97 Å². The van der Waals surface area contributed by atoms with E-state index in [2.05, 4.69) is 0 Å². The number of carbonyl (C=O) groups is 1. The number of benzene rings is 1. The maximum Gasteiger partial charge on any atom is 0.306 e. The topological polar surface area (TPSA) is 26.3 Å². The average Bonchev–Trinajstić information content (AvgIpc) is 2.45. The third kappa shape index (κ3) is 2.35. The lowest BCUT2D eigenvalue weighted by Gasteiger charge is -2.22. The van der Waals surface area contributed by atoms with Crippen LogP contribution in [0.1, 0.15) is 25.3 Å². The first-order valence-electron chi connectivity index (χ1n) is 5.04. The van der Waals surface area contributed by atoms with Crippen LogP contribution in [0, 0.1) is 5.82 Å². The molecule has 0 spiro atoms. The Morgan fingerprint density at radius 1 is 1.53 bits per heavy atom. The Morgan fingerprint density at radius 2 is 2.33 bits per heavy atom. The molecular weight excluding hydrogens is 195 g/mol. The van der Waals surface area contributed by atoms with Gasteiger partial charge in [0.05, 0.1) is 0 Å². The van der Waals surface area contributed by atoms with Gasteiger partial charge in [0, 0.05) is 12.8 Å². The van der Waals surface area contributed by atoms with E-state index in [1.165, 1.54) is 12.1 Å². The van der Waals surface area contributed by atoms with Gasteiger partial charge in [0.2, 0.25) is 0 Å². The van der Waals surface area contributed by atoms with E-state index >= 15 is 0 Å². The lowest BCUT2D eigenvalue weighted by Crippen LogP contribution is -2.26. The molecule has 80 valence electrons. The monoisotopic (exact) mass is 208 g/mol. The molecule has 1 aliphatic heterocycles. The molecular formula is C12H13FO2. The lowest BCUT2D eigenvalue weighted by molar-refractivity contribution is -0.147. The number of cyclic esters (lactones) is 1. The van der Waals surface area contributed by atoms with Crippen LogP contribution >= 0.6 is 0 Å². The summed E-state index contributed by atoms with van der Waals surface area (Å²) in [5, 5.41) is 0. The SMILES string of the molecule is CC1(Cc2cccc(F)c2)CCC(=O)O1. The normalized spacial score (nSPS) is 25.3. The quantitative estimate of drug-likeness (QED) is 0.698. The summed E-state index contributed by atoms with van der Waals surface area (Å²) in [5.74, 6) is -0.408. The van der Waals surface area contributed by atoms with Crippen molar-refractivity contribution in [2.45, 2.75) is 31.8 Å². The molecule has 1 aromatic rings. The number of esters is 1. The molecule has 0 saturated carbocycles. The molecule has 0 aliphatic carbocycles. The second-order valence-electron chi connectivity index (χ2n) is 4.23. The Labute approximate surface area is 88.1 Å². The van der Waals surface area contributed by atoms with Crippen LogP contribution in [0.5, 0.6) is 0 Å². The van der Waals surface area contributed by atoms with Crippen LogP contribution in [0.2, 0.25) is 0 Å². The minimum atomic E-state index is -0.453. The van der Waals surface area contributed by atoms with E-state index in [0.717, 1.165) is 5.56 Å². The fraction of sp³-hybridized carbons (Fsp3) is 0.417. The minimum absolute atomic E-state index is 0.158. The maximum atomic E-state index is 12.9. The number of ether oxygens (including phenoxy) is 1. The van der Waals surface area contributed by atoms with Crippen LogP contribution in [-0.4, -0.2) is 11.6 Å². The van der Waals surface area contributed by atoms with Crippen LogP contribution in [0.25, 0.3) is 0 Å². The number of halogens is 1. The summed E-state index contributed by atoms with van der Waals surface area (Å²) in [6.45, 7) is 1.89. The third-order valence-electron chi connectivity index (χ3n) is 2.69. The Balaban J connectivity index is 2.11. The van der Waals surface area contributed by atoms with E-state index in [4.69, 9.17) is 4.74 Å². The molecule has 1 saturated heterocycles. The second kappa shape index (κ2) is 3.65. The molecule has 1 atom stereocenters. The van der Waals surface area contributed by atoms with E-state index in [1.807, 2.05) is 13.0 Å². The van der Waals surface area contributed by atoms with Crippen LogP contribution < -0.4 is 0 Å². The van der Waals surface area contributed by atoms with Gasteiger partial charge in [-0.2, -0.15) is 0 Å². The predicted molar refractivity (Wildman–Crippen MR) is 53.8 cm³/mol. The van der Waals surface area contributed by atoms with Crippen molar-refractivity contribution in [1.29, 1.82) is 0 Å². The van der Waals surface area contributed by atoms with Crippen LogP contribution in [-0.2, 0) is 16.0 Å². The van der Waals surface area contributed by atoms with Crippen molar-refractivity contribution < 1.29 is 13.9 Å². The first-order chi connectivity index (χ1) is 7.07. The van der Waals surface area contributed by atoms with Crippen molar-refractivity contribution in [3.05, 3.63) is 35.6 Å². The first-order valence-corrected chi connectivity index (χ1v) is 5.04. The summed E-state index contributed by atoms with van der Waals surface area (Å²) in [5.41, 5.74) is 0.414. The van der Waals surface area contributed by atoms with E-state index in [0.29, 0.717) is 19.3 Å². The molecule has 15 heavy (non-hydrogen) atoms. The van der Waals surface area contributed by atoms with Crippen molar-refractivity contribution in [2.75, 3.05) is 0 Å². The van der Waals surface area contributed by atoms with Gasteiger partial charge in [-0.3, -0.25) is 4.79 Å². The fourth-order valence-electron chi connectivity index (χ4n) is 1.95. The molecule has 0 amide bonds. The van der Waals surface area contributed by atoms with Crippen LogP contribution in [0.15, 0.2) is 24.3 Å². The molecule has 0 radical (unpaired) electrons. The number of rotatable bonds is 2. The summed E-state index contributed by atoms with van der Waals surface area (Å²) in [6.07, 6.45) is 1.75. The lowest BCUT2D eigenvalue weighted by atomic mass is 9.94. The third-order valence-corrected chi connectivity index (χ3v) is 2.69. The van der Waals surface area contributed by atoms with Gasteiger partial charge in [-0.15, -0.1) is 0 Å². The summed E-state index contributed by atoms with van der Waals surface area (Å²) in [6, 6.07) is 6.41. The Kier molecular flexibility index (Phi) is 2.47. The van der Waals surface area contributed by atoms with E-state index in [-0.39, 0.29) is 11.8 Å². The summed E-state index contributed by atoms with van der Waals surface area (Å²) in [7, 11) is 0. The molecule has 3 heteroatoms. The zero-order chi connectivity index (χ0) is 10.9. The molecule has 1 fully saturated rings. The maximum absolute atomic E-state index is 12.9. The molecule has 0 aromatic heterocycles. The smallest absolute Gasteiger partial charge is 0.306 e. The first kappa shape index (κ1) is 10.1. The second-order valence-corrected chi connectivity index (χ2v) is 4.23. The van der Waals surface area contributed by atoms with Crippen LogP contribution in [0.4, 0.5) is 4.39 Å². The van der Waals surface area contributed by atoms with Crippen molar-refractivity contribution in [3.63, 3.8) is 0 Å². The molecule has 1 heterocycles. The highest BCUT2D eigenvalue weighted by atomic mass is 19.1. The standard InChI is InChI=1S/C12H13FO2/c1-12(6-5-11(14)15-12)8-9-3-2-4-10(13)7-9/h2-4,7H,5-6,8H2,1H3. The van der Waals surface area contributed by atoms with Gasteiger partial charge < -0.3 is 4.74 Å². The predicted octanol–water partition coefficient (Wildman–Crippen LogP) is 2.46. The zero-order valence-electron chi connectivity index (χ0n) is 8.63. The van der Waals surface area contributed by atoms with Gasteiger partial charge in [-0.1, -0.05) is 12.1 Å². The molecule has 1 aromatic carbocycles. The Bertz CT molecular complexity index is 389. The molecule has 1 aliphatic rings. The Morgan fingerprint density at radius 3 is 2.93 bits per heavy atom. The summed E-state index contributed by atoms with van der Waals surface area (Å²) in [4.78, 5) is 11.0. The van der Waals surface area contributed by atoms with Gasteiger partial charge in [-0.05, 0) is 31.0 Å². The van der Waals surface area contributed by atoms with Gasteiger partial charge in [0.25, 0.3) is 0 Å². The summed E-state index contributed by atoms with van der Waals surface area (Å²) < 4.78 is 18.2. The van der Waals surface area contributed by atoms with Crippen molar-refractivity contribution in [2.24, 2.45) is 0 Å². The van der Waals surface area contributed by atoms with Gasteiger partial charge in [0.15, 0.2) is 0 Å². The minimum Gasteiger partial charge on any atom is -0.459 e. The molecule has 2 rings (SSSR count). The van der Waals surface area contributed by atoms with Crippen molar-refractivity contribution in [1.82, 2.24) is 0 Å². The summed E-state index contributed by atoms with van der Waals surface area (Å²) >= 11 is 0. The van der Waals surface area contributed by atoms with Crippen LogP contribution in [0.3, 0.4) is 0 Å². The fourth-order valence-corrected chi connectivity index (χ4v) is 1.95. The largest absolute Gasteiger partial charge is 0.459 e. The van der Waals surface area contributed by atoms with E-state index in [9.17, 15) is 9.18 Å². The zero-order valence-corrected chi connectivity index (χ0v) is 8.63. The highest BCUT2D eigenvalue weighted by Crippen LogP contribution is 2.29.